The van der Waals surface area contributed by atoms with Crippen molar-refractivity contribution in [3.63, 3.8) is 0 Å². The summed E-state index contributed by atoms with van der Waals surface area (Å²) in [5, 5.41) is 13.6. The van der Waals surface area contributed by atoms with Crippen LogP contribution in [0.25, 0.3) is 0 Å². The van der Waals surface area contributed by atoms with Crippen molar-refractivity contribution in [3.05, 3.63) is 76.5 Å². The molecule has 1 aromatic carbocycles. The molecule has 2 heterocycles. The minimum Gasteiger partial charge on any atom is -0.467 e. The zero-order valence-corrected chi connectivity index (χ0v) is 15.2. The fraction of sp³-hybridized carbons (Fsp3) is 0.286. The van der Waals surface area contributed by atoms with E-state index < -0.39 is 0 Å². The van der Waals surface area contributed by atoms with E-state index in [4.69, 9.17) is 9.68 Å². The van der Waals surface area contributed by atoms with Gasteiger partial charge < -0.3 is 9.32 Å². The standard InChI is InChI=1S/C21H20N4O2/c1-24-20-6-2-5-18(20)19(23-24)14-25(13-17-4-3-11-27-17)21(26)16-9-7-15(12-22)8-10-16/h3-4,7-11H,2,5-6,13-14H2,1H3. The summed E-state index contributed by atoms with van der Waals surface area (Å²) in [5.41, 5.74) is 4.58. The summed E-state index contributed by atoms with van der Waals surface area (Å²) in [4.78, 5) is 14.9. The van der Waals surface area contributed by atoms with Crippen LogP contribution < -0.4 is 0 Å². The smallest absolute Gasteiger partial charge is 0.254 e. The first kappa shape index (κ1) is 17.1. The number of nitrogens with zero attached hydrogens (tertiary/aromatic N) is 4. The van der Waals surface area contributed by atoms with Crippen molar-refractivity contribution < 1.29 is 9.21 Å². The molecule has 136 valence electrons. The average Bonchev–Trinajstić information content (AvgIpc) is 3.42. The molecule has 6 heteroatoms. The number of amides is 1. The molecule has 6 nitrogen and oxygen atoms in total. The van der Waals surface area contributed by atoms with Gasteiger partial charge in [0.25, 0.3) is 5.91 Å². The molecule has 0 fully saturated rings. The fourth-order valence-corrected chi connectivity index (χ4v) is 3.67. The van der Waals surface area contributed by atoms with E-state index >= 15 is 0 Å². The van der Waals surface area contributed by atoms with Crippen LogP contribution >= 0.6 is 0 Å². The van der Waals surface area contributed by atoms with Crippen LogP contribution in [0.1, 0.15) is 45.1 Å². The number of fused-ring (bicyclic) bond motifs is 1. The van der Waals surface area contributed by atoms with E-state index in [-0.39, 0.29) is 5.91 Å². The van der Waals surface area contributed by atoms with Gasteiger partial charge in [-0.05, 0) is 61.2 Å². The van der Waals surface area contributed by atoms with Crippen molar-refractivity contribution in [1.29, 1.82) is 5.26 Å². The molecule has 27 heavy (non-hydrogen) atoms. The Hall–Kier alpha value is -3.33. The first-order valence-corrected chi connectivity index (χ1v) is 9.01. The van der Waals surface area contributed by atoms with Gasteiger partial charge in [-0.25, -0.2) is 0 Å². The van der Waals surface area contributed by atoms with E-state index in [0.717, 1.165) is 30.7 Å². The minimum absolute atomic E-state index is 0.103. The van der Waals surface area contributed by atoms with Gasteiger partial charge in [-0.3, -0.25) is 9.48 Å². The Morgan fingerprint density at radius 3 is 2.78 bits per heavy atom. The van der Waals surface area contributed by atoms with Gasteiger partial charge >= 0.3 is 0 Å². The molecule has 0 saturated carbocycles. The molecule has 0 N–H and O–H groups in total. The number of carbonyl (C=O) groups is 1. The Bertz CT molecular complexity index is 994. The van der Waals surface area contributed by atoms with Gasteiger partial charge in [0.1, 0.15) is 5.76 Å². The molecule has 0 saturated heterocycles. The lowest BCUT2D eigenvalue weighted by molar-refractivity contribution is 0.0714. The molecule has 3 aromatic rings. The number of benzene rings is 1. The van der Waals surface area contributed by atoms with Crippen LogP contribution in [-0.2, 0) is 33.0 Å². The fourth-order valence-electron chi connectivity index (χ4n) is 3.67. The number of hydrogen-bond donors (Lipinski definition) is 0. The second-order valence-electron chi connectivity index (χ2n) is 6.78. The predicted octanol–water partition coefficient (Wildman–Crippen LogP) is 3.22. The molecule has 0 spiro atoms. The van der Waals surface area contributed by atoms with Crippen LogP contribution in [0.4, 0.5) is 0 Å². The molecular weight excluding hydrogens is 340 g/mol. The normalized spacial score (nSPS) is 12.6. The van der Waals surface area contributed by atoms with E-state index in [1.54, 1.807) is 35.4 Å². The summed E-state index contributed by atoms with van der Waals surface area (Å²) >= 11 is 0. The predicted molar refractivity (Wildman–Crippen MR) is 98.7 cm³/mol. The van der Waals surface area contributed by atoms with Crippen LogP contribution in [0.2, 0.25) is 0 Å². The number of furan rings is 1. The van der Waals surface area contributed by atoms with Gasteiger partial charge in [0.15, 0.2) is 0 Å². The third-order valence-corrected chi connectivity index (χ3v) is 5.01. The molecule has 0 atom stereocenters. The van der Waals surface area contributed by atoms with Crippen molar-refractivity contribution in [2.45, 2.75) is 32.4 Å². The largest absolute Gasteiger partial charge is 0.467 e. The Kier molecular flexibility index (Phi) is 4.51. The average molecular weight is 360 g/mol. The lowest BCUT2D eigenvalue weighted by atomic mass is 10.1. The quantitative estimate of drug-likeness (QED) is 0.700. The topological polar surface area (TPSA) is 75.1 Å². The second-order valence-corrected chi connectivity index (χ2v) is 6.78. The van der Waals surface area contributed by atoms with Gasteiger partial charge in [-0.15, -0.1) is 0 Å². The molecular formula is C21H20N4O2. The van der Waals surface area contributed by atoms with Crippen molar-refractivity contribution in [2.75, 3.05) is 0 Å². The molecule has 1 amide bonds. The number of aromatic nitrogens is 2. The monoisotopic (exact) mass is 360 g/mol. The van der Waals surface area contributed by atoms with Crippen molar-refractivity contribution in [2.24, 2.45) is 7.05 Å². The van der Waals surface area contributed by atoms with Gasteiger partial charge in [-0.2, -0.15) is 10.4 Å². The number of nitriles is 1. The van der Waals surface area contributed by atoms with Crippen molar-refractivity contribution >= 4 is 5.91 Å². The van der Waals surface area contributed by atoms with Crippen LogP contribution in [-0.4, -0.2) is 20.6 Å². The summed E-state index contributed by atoms with van der Waals surface area (Å²) in [6.07, 6.45) is 4.80. The van der Waals surface area contributed by atoms with Gasteiger partial charge in [0.05, 0.1) is 36.7 Å². The highest BCUT2D eigenvalue weighted by molar-refractivity contribution is 5.94. The highest BCUT2D eigenvalue weighted by Crippen LogP contribution is 2.26. The molecule has 1 aliphatic rings. The minimum atomic E-state index is -0.103. The Labute approximate surface area is 157 Å². The third kappa shape index (κ3) is 3.36. The Morgan fingerprint density at radius 2 is 2.07 bits per heavy atom. The first-order valence-electron chi connectivity index (χ1n) is 9.01. The van der Waals surface area contributed by atoms with Crippen molar-refractivity contribution in [3.8, 4) is 6.07 Å². The van der Waals surface area contributed by atoms with E-state index in [1.165, 1.54) is 11.3 Å². The number of rotatable bonds is 5. The third-order valence-electron chi connectivity index (χ3n) is 5.01. The maximum Gasteiger partial charge on any atom is 0.254 e. The zero-order valence-electron chi connectivity index (χ0n) is 15.2. The number of aryl methyl sites for hydroxylation is 1. The van der Waals surface area contributed by atoms with E-state index in [2.05, 4.69) is 11.2 Å². The van der Waals surface area contributed by atoms with E-state index in [1.807, 2.05) is 23.9 Å². The molecule has 4 rings (SSSR count). The lowest BCUT2D eigenvalue weighted by Crippen LogP contribution is -2.30. The van der Waals surface area contributed by atoms with Gasteiger partial charge in [-0.1, -0.05) is 0 Å². The second kappa shape index (κ2) is 7.12. The molecule has 0 radical (unpaired) electrons. The highest BCUT2D eigenvalue weighted by Gasteiger charge is 2.25. The van der Waals surface area contributed by atoms with Crippen LogP contribution in [0.3, 0.4) is 0 Å². The molecule has 2 aromatic heterocycles. The SMILES string of the molecule is Cn1nc(CN(Cc2ccco2)C(=O)c2ccc(C#N)cc2)c2c1CCC2. The maximum absolute atomic E-state index is 13.1. The number of carbonyl (C=O) groups excluding carboxylic acids is 1. The van der Waals surface area contributed by atoms with Gasteiger partial charge in [0, 0.05) is 18.3 Å². The summed E-state index contributed by atoms with van der Waals surface area (Å²) in [7, 11) is 1.97. The maximum atomic E-state index is 13.1. The van der Waals surface area contributed by atoms with Crippen LogP contribution in [0.5, 0.6) is 0 Å². The zero-order chi connectivity index (χ0) is 18.8. The number of hydrogen-bond acceptors (Lipinski definition) is 4. The van der Waals surface area contributed by atoms with Crippen LogP contribution in [0.15, 0.2) is 47.1 Å². The molecule has 0 aliphatic heterocycles. The van der Waals surface area contributed by atoms with Gasteiger partial charge in [0.2, 0.25) is 0 Å². The molecule has 1 aliphatic carbocycles. The van der Waals surface area contributed by atoms with Crippen LogP contribution in [0, 0.1) is 11.3 Å². The molecule has 0 bridgehead atoms. The van der Waals surface area contributed by atoms with E-state index in [9.17, 15) is 4.79 Å². The lowest BCUT2D eigenvalue weighted by Gasteiger charge is -2.21. The summed E-state index contributed by atoms with van der Waals surface area (Å²) in [5.74, 6) is 0.623. The summed E-state index contributed by atoms with van der Waals surface area (Å²) < 4.78 is 7.40. The first-order chi connectivity index (χ1) is 13.2. The Morgan fingerprint density at radius 1 is 1.26 bits per heavy atom. The Balaban J connectivity index is 1.63. The summed E-state index contributed by atoms with van der Waals surface area (Å²) in [6, 6.07) is 12.5. The molecule has 0 unspecified atom stereocenters. The highest BCUT2D eigenvalue weighted by atomic mass is 16.3. The van der Waals surface area contributed by atoms with E-state index in [0.29, 0.717) is 24.2 Å². The summed E-state index contributed by atoms with van der Waals surface area (Å²) in [6.45, 7) is 0.805. The van der Waals surface area contributed by atoms with Crippen molar-refractivity contribution in [1.82, 2.24) is 14.7 Å².